The van der Waals surface area contributed by atoms with E-state index in [9.17, 15) is 5.11 Å². The summed E-state index contributed by atoms with van der Waals surface area (Å²) in [5.41, 5.74) is 0.828. The molecule has 0 amide bonds. The van der Waals surface area contributed by atoms with Gasteiger partial charge < -0.3 is 15.2 Å². The van der Waals surface area contributed by atoms with Crippen LogP contribution in [-0.2, 0) is 4.74 Å². The molecule has 134 valence electrons. The van der Waals surface area contributed by atoms with Crippen molar-refractivity contribution in [1.82, 2.24) is 10.2 Å². The van der Waals surface area contributed by atoms with Gasteiger partial charge in [0.25, 0.3) is 0 Å². The summed E-state index contributed by atoms with van der Waals surface area (Å²) in [6, 6.07) is 11.3. The lowest BCUT2D eigenvalue weighted by atomic mass is 9.84. The van der Waals surface area contributed by atoms with E-state index in [2.05, 4.69) is 47.5 Å². The molecule has 0 aromatic heterocycles. The van der Waals surface area contributed by atoms with Crippen LogP contribution in [0.25, 0.3) is 0 Å². The van der Waals surface area contributed by atoms with Gasteiger partial charge in [0.05, 0.1) is 24.9 Å². The first kappa shape index (κ1) is 17.9. The van der Waals surface area contributed by atoms with Crippen LogP contribution in [-0.4, -0.2) is 54.5 Å². The molecule has 4 nitrogen and oxygen atoms in total. The summed E-state index contributed by atoms with van der Waals surface area (Å²) in [5, 5.41) is 14.4. The number of rotatable bonds is 6. The Kier molecular flexibility index (Phi) is 6.28. The van der Waals surface area contributed by atoms with E-state index in [1.807, 2.05) is 0 Å². The van der Waals surface area contributed by atoms with E-state index in [4.69, 9.17) is 4.74 Å². The van der Waals surface area contributed by atoms with Gasteiger partial charge in [-0.3, -0.25) is 4.90 Å². The van der Waals surface area contributed by atoms with Crippen LogP contribution in [0.4, 0.5) is 0 Å². The van der Waals surface area contributed by atoms with Crippen molar-refractivity contribution in [3.63, 3.8) is 0 Å². The molecule has 4 heteroatoms. The third kappa shape index (κ3) is 4.57. The summed E-state index contributed by atoms with van der Waals surface area (Å²) in [6.07, 6.45) is 5.43. The quantitative estimate of drug-likeness (QED) is 0.841. The number of nitrogens with one attached hydrogen (secondary N) is 1. The van der Waals surface area contributed by atoms with Crippen LogP contribution < -0.4 is 5.32 Å². The van der Waals surface area contributed by atoms with E-state index in [0.717, 1.165) is 52.0 Å². The van der Waals surface area contributed by atoms with Gasteiger partial charge in [-0.2, -0.15) is 0 Å². The van der Waals surface area contributed by atoms with E-state index >= 15 is 0 Å². The monoisotopic (exact) mass is 332 g/mol. The van der Waals surface area contributed by atoms with Crippen molar-refractivity contribution in [2.24, 2.45) is 0 Å². The molecule has 2 atom stereocenters. The van der Waals surface area contributed by atoms with Crippen LogP contribution in [0.3, 0.4) is 0 Å². The minimum Gasteiger partial charge on any atom is -0.389 e. The lowest BCUT2D eigenvalue weighted by Gasteiger charge is -2.40. The second kappa shape index (κ2) is 8.43. The Morgan fingerprint density at radius 2 is 1.79 bits per heavy atom. The average molecular weight is 332 g/mol. The van der Waals surface area contributed by atoms with E-state index in [1.54, 1.807) is 0 Å². The standard InChI is InChI=1S/C20H32N2O2/c1-17(21-16-20(23)10-6-3-7-11-20)19(18-8-4-2-5-9-18)22-12-14-24-15-13-22/h2,4-5,8-9,17,19,21,23H,3,6-7,10-16H2,1H3. The van der Waals surface area contributed by atoms with Gasteiger partial charge in [-0.05, 0) is 25.3 Å². The van der Waals surface area contributed by atoms with Crippen LogP contribution in [0.5, 0.6) is 0 Å². The second-order valence-corrected chi connectivity index (χ2v) is 7.46. The summed E-state index contributed by atoms with van der Waals surface area (Å²) in [7, 11) is 0. The number of hydrogen-bond acceptors (Lipinski definition) is 4. The Morgan fingerprint density at radius 1 is 1.12 bits per heavy atom. The van der Waals surface area contributed by atoms with Gasteiger partial charge in [0.1, 0.15) is 0 Å². The molecule has 1 aromatic rings. The SMILES string of the molecule is CC(NCC1(O)CCCCC1)C(c1ccccc1)N1CCOCC1. The maximum Gasteiger partial charge on any atom is 0.0771 e. The Hall–Kier alpha value is -0.940. The number of benzene rings is 1. The first-order chi connectivity index (χ1) is 11.7. The molecule has 1 aliphatic carbocycles. The molecule has 1 heterocycles. The number of hydrogen-bond donors (Lipinski definition) is 2. The van der Waals surface area contributed by atoms with Crippen LogP contribution >= 0.6 is 0 Å². The molecule has 2 N–H and O–H groups in total. The molecule has 24 heavy (non-hydrogen) atoms. The maximum absolute atomic E-state index is 10.8. The molecule has 2 fully saturated rings. The van der Waals surface area contributed by atoms with Crippen molar-refractivity contribution >= 4 is 0 Å². The van der Waals surface area contributed by atoms with Crippen LogP contribution in [0, 0.1) is 0 Å². The van der Waals surface area contributed by atoms with E-state index in [-0.39, 0.29) is 6.04 Å². The fraction of sp³-hybridized carbons (Fsp3) is 0.700. The van der Waals surface area contributed by atoms with E-state index in [0.29, 0.717) is 12.6 Å². The van der Waals surface area contributed by atoms with E-state index < -0.39 is 5.60 Å². The summed E-state index contributed by atoms with van der Waals surface area (Å²) in [5.74, 6) is 0. The fourth-order valence-corrected chi connectivity index (χ4v) is 4.17. The average Bonchev–Trinajstić information content (AvgIpc) is 2.63. The smallest absolute Gasteiger partial charge is 0.0771 e. The molecule has 1 aromatic carbocycles. The van der Waals surface area contributed by atoms with Crippen molar-refractivity contribution in [1.29, 1.82) is 0 Å². The van der Waals surface area contributed by atoms with Gasteiger partial charge in [0.15, 0.2) is 0 Å². The molecule has 0 bridgehead atoms. The summed E-state index contributed by atoms with van der Waals surface area (Å²) in [4.78, 5) is 2.52. The molecule has 2 aliphatic rings. The highest BCUT2D eigenvalue weighted by Crippen LogP contribution is 2.29. The largest absolute Gasteiger partial charge is 0.389 e. The molecule has 1 aliphatic heterocycles. The Morgan fingerprint density at radius 3 is 2.46 bits per heavy atom. The topological polar surface area (TPSA) is 44.7 Å². The predicted octanol–water partition coefficient (Wildman–Crippen LogP) is 2.73. The number of nitrogens with zero attached hydrogens (tertiary/aromatic N) is 1. The first-order valence-electron chi connectivity index (χ1n) is 9.50. The number of morpholine rings is 1. The van der Waals surface area contributed by atoms with Crippen molar-refractivity contribution in [3.05, 3.63) is 35.9 Å². The lowest BCUT2D eigenvalue weighted by molar-refractivity contribution is -0.0100. The Bertz CT molecular complexity index is 482. The molecular weight excluding hydrogens is 300 g/mol. The van der Waals surface area contributed by atoms with Gasteiger partial charge in [0, 0.05) is 25.7 Å². The second-order valence-electron chi connectivity index (χ2n) is 7.46. The normalized spacial score (nSPS) is 24.4. The predicted molar refractivity (Wildman–Crippen MR) is 97.1 cm³/mol. The highest BCUT2D eigenvalue weighted by atomic mass is 16.5. The Balaban J connectivity index is 1.67. The van der Waals surface area contributed by atoms with Gasteiger partial charge in [-0.25, -0.2) is 0 Å². The molecule has 0 radical (unpaired) electrons. The van der Waals surface area contributed by atoms with Crippen molar-refractivity contribution in [3.8, 4) is 0 Å². The zero-order chi connectivity index (χ0) is 16.8. The Labute approximate surface area is 146 Å². The number of aliphatic hydroxyl groups is 1. The minimum absolute atomic E-state index is 0.288. The van der Waals surface area contributed by atoms with Crippen LogP contribution in [0.1, 0.15) is 50.6 Å². The molecule has 2 unspecified atom stereocenters. The van der Waals surface area contributed by atoms with Crippen LogP contribution in [0.15, 0.2) is 30.3 Å². The highest BCUT2D eigenvalue weighted by Gasteiger charge is 2.32. The minimum atomic E-state index is -0.515. The molecule has 1 saturated carbocycles. The third-order valence-electron chi connectivity index (χ3n) is 5.59. The fourth-order valence-electron chi connectivity index (χ4n) is 4.17. The number of ether oxygens (including phenoxy) is 1. The zero-order valence-electron chi connectivity index (χ0n) is 14.9. The zero-order valence-corrected chi connectivity index (χ0v) is 14.9. The summed E-state index contributed by atoms with van der Waals surface area (Å²) < 4.78 is 5.53. The van der Waals surface area contributed by atoms with Crippen LogP contribution in [0.2, 0.25) is 0 Å². The third-order valence-corrected chi connectivity index (χ3v) is 5.59. The van der Waals surface area contributed by atoms with Crippen molar-refractivity contribution in [2.75, 3.05) is 32.8 Å². The molecule has 1 saturated heterocycles. The maximum atomic E-state index is 10.8. The molecule has 3 rings (SSSR count). The summed E-state index contributed by atoms with van der Waals surface area (Å²) >= 11 is 0. The first-order valence-corrected chi connectivity index (χ1v) is 9.50. The van der Waals surface area contributed by atoms with Gasteiger partial charge in [0.2, 0.25) is 0 Å². The van der Waals surface area contributed by atoms with Gasteiger partial charge in [-0.1, -0.05) is 49.6 Å². The molecule has 0 spiro atoms. The van der Waals surface area contributed by atoms with Crippen molar-refractivity contribution in [2.45, 2.75) is 56.7 Å². The van der Waals surface area contributed by atoms with E-state index in [1.165, 1.54) is 12.0 Å². The summed E-state index contributed by atoms with van der Waals surface area (Å²) in [6.45, 7) is 6.49. The lowest BCUT2D eigenvalue weighted by Crippen LogP contribution is -2.51. The molecular formula is C20H32N2O2. The van der Waals surface area contributed by atoms with Gasteiger partial charge in [-0.15, -0.1) is 0 Å². The highest BCUT2D eigenvalue weighted by molar-refractivity contribution is 5.21. The van der Waals surface area contributed by atoms with Crippen molar-refractivity contribution < 1.29 is 9.84 Å². The van der Waals surface area contributed by atoms with Gasteiger partial charge >= 0.3 is 0 Å².